The molecular weight excluding hydrogens is 191 g/mol. The fourth-order valence-corrected chi connectivity index (χ4v) is 0. The van der Waals surface area contributed by atoms with E-state index >= 15 is 0 Å². The van der Waals surface area contributed by atoms with Gasteiger partial charge in [-0.2, -0.15) is 4.21 Å². The molecule has 0 bridgehead atoms. The zero-order valence-corrected chi connectivity index (χ0v) is 9.28. The average Bonchev–Trinajstić information content (AvgIpc) is 1.65. The summed E-state index contributed by atoms with van der Waals surface area (Å²) in [5.74, 6) is 0.222. The second-order valence-electron chi connectivity index (χ2n) is 0.823. The van der Waals surface area contributed by atoms with Gasteiger partial charge >= 0.3 is 29.6 Å². The third kappa shape index (κ3) is 60.7. The molecule has 0 aromatic heterocycles. The smallest absolute Gasteiger partial charge is 1.00 e. The van der Waals surface area contributed by atoms with Crippen molar-refractivity contribution in [2.75, 3.05) is 5.75 Å². The summed E-state index contributed by atoms with van der Waals surface area (Å²) < 4.78 is 41.6. The minimum Gasteiger partial charge on any atom is -1.00 e. The van der Waals surface area contributed by atoms with E-state index in [0.717, 1.165) is 0 Å². The summed E-state index contributed by atoms with van der Waals surface area (Å²) in [6.45, 7) is 1.59. The zero-order chi connectivity index (χ0) is 7.86. The standard InChI is InChI=1S/C2H6O2S.Na.H2O3S.H/c1-2-5(3)4;;1-4(2)3;/h2H2,1H3,(H,3,4);;(H2,1,2,3);/q;+1;;-1/p-1. The van der Waals surface area contributed by atoms with Gasteiger partial charge in [-0.3, -0.25) is 13.3 Å². The van der Waals surface area contributed by atoms with Gasteiger partial charge in [-0.1, -0.05) is 18.0 Å². The van der Waals surface area contributed by atoms with Crippen LogP contribution >= 0.6 is 0 Å². The Hall–Kier alpha value is 1.18. The van der Waals surface area contributed by atoms with Crippen LogP contribution in [-0.4, -0.2) is 27.8 Å². The van der Waals surface area contributed by atoms with Crippen LogP contribution in [0.15, 0.2) is 0 Å². The molecule has 0 radical (unpaired) electrons. The average molecular weight is 199 g/mol. The van der Waals surface area contributed by atoms with E-state index < -0.39 is 22.4 Å². The monoisotopic (exact) mass is 199 g/mol. The van der Waals surface area contributed by atoms with Crippen LogP contribution in [0.25, 0.3) is 0 Å². The maximum atomic E-state index is 9.37. The summed E-state index contributed by atoms with van der Waals surface area (Å²) in [7, 11) is 0. The van der Waals surface area contributed by atoms with Crippen LogP contribution in [0, 0.1) is 0 Å². The Labute approximate surface area is 87.8 Å². The molecule has 0 aliphatic heterocycles. The summed E-state index contributed by atoms with van der Waals surface area (Å²) in [5, 5.41) is 0. The molecule has 0 rings (SSSR count). The van der Waals surface area contributed by atoms with Crippen LogP contribution in [0.4, 0.5) is 0 Å². The van der Waals surface area contributed by atoms with Crippen molar-refractivity contribution in [1.29, 1.82) is 0 Å². The first-order chi connectivity index (χ1) is 4.00. The van der Waals surface area contributed by atoms with Crippen molar-refractivity contribution in [3.8, 4) is 0 Å². The van der Waals surface area contributed by atoms with Crippen LogP contribution in [0.5, 0.6) is 0 Å². The van der Waals surface area contributed by atoms with E-state index in [4.69, 9.17) is 13.3 Å². The van der Waals surface area contributed by atoms with Crippen molar-refractivity contribution in [3.63, 3.8) is 0 Å². The molecule has 1 unspecified atom stereocenters. The Bertz CT molecular complexity index is 107. The summed E-state index contributed by atoms with van der Waals surface area (Å²) in [6.07, 6.45) is 0. The molecule has 1 atom stereocenters. The van der Waals surface area contributed by atoms with Gasteiger partial charge in [0.2, 0.25) is 0 Å². The maximum absolute atomic E-state index is 9.37. The van der Waals surface area contributed by atoms with Crippen molar-refractivity contribution in [2.24, 2.45) is 0 Å². The van der Waals surface area contributed by atoms with Gasteiger partial charge in [0, 0.05) is 5.75 Å². The van der Waals surface area contributed by atoms with Gasteiger partial charge < -0.3 is 5.98 Å². The Kier molecular flexibility index (Phi) is 22.2. The Balaban J connectivity index is -0.0000000383. The second kappa shape index (κ2) is 12.8. The predicted molar refractivity (Wildman–Crippen MR) is 34.0 cm³/mol. The first-order valence-corrected chi connectivity index (χ1v) is 4.17. The van der Waals surface area contributed by atoms with Gasteiger partial charge in [-0.05, 0) is 0 Å². The molecular formula is C2H8NaO5S2-. The van der Waals surface area contributed by atoms with Gasteiger partial charge in [0.1, 0.15) is 0 Å². The van der Waals surface area contributed by atoms with Gasteiger partial charge in [0.05, 0.1) is 0 Å². The van der Waals surface area contributed by atoms with Crippen molar-refractivity contribution < 1.29 is 53.1 Å². The molecule has 0 amide bonds. The number of rotatable bonds is 1. The molecule has 5 nitrogen and oxygen atoms in total. The van der Waals surface area contributed by atoms with Crippen molar-refractivity contribution in [1.82, 2.24) is 0 Å². The van der Waals surface area contributed by atoms with Gasteiger partial charge in [-0.25, -0.2) is 0 Å². The minimum atomic E-state index is -2.61. The van der Waals surface area contributed by atoms with E-state index in [1.165, 1.54) is 0 Å². The molecule has 0 aromatic carbocycles. The number of hydrogen-bond donors (Lipinski definition) is 2. The van der Waals surface area contributed by atoms with Crippen LogP contribution < -0.4 is 29.6 Å². The molecule has 10 heavy (non-hydrogen) atoms. The molecule has 0 aliphatic rings. The van der Waals surface area contributed by atoms with Crippen molar-refractivity contribution in [2.45, 2.75) is 6.92 Å². The topological polar surface area (TPSA) is 97.7 Å². The molecule has 2 N–H and O–H groups in total. The molecule has 8 heteroatoms. The van der Waals surface area contributed by atoms with Crippen LogP contribution in [0.1, 0.15) is 8.35 Å². The molecule has 0 fully saturated rings. The predicted octanol–water partition coefficient (Wildman–Crippen LogP) is -3.32. The zero-order valence-electron chi connectivity index (χ0n) is 6.64. The molecule has 0 aliphatic carbocycles. The summed E-state index contributed by atoms with van der Waals surface area (Å²) in [6, 6.07) is 0. The summed E-state index contributed by atoms with van der Waals surface area (Å²) >= 11 is -4.43. The van der Waals surface area contributed by atoms with Crippen molar-refractivity contribution >= 4 is 22.4 Å². The molecule has 0 saturated heterocycles. The van der Waals surface area contributed by atoms with E-state index in [1.54, 1.807) is 6.92 Å². The molecule has 0 saturated carbocycles. The molecule has 0 heterocycles. The van der Waals surface area contributed by atoms with E-state index in [1.807, 2.05) is 0 Å². The van der Waals surface area contributed by atoms with Gasteiger partial charge in [0.25, 0.3) is 11.4 Å². The summed E-state index contributed by atoms with van der Waals surface area (Å²) in [4.78, 5) is 0. The fraction of sp³-hybridized carbons (Fsp3) is 1.00. The molecule has 0 spiro atoms. The Morgan fingerprint density at radius 3 is 1.60 bits per heavy atom. The van der Waals surface area contributed by atoms with E-state index in [-0.39, 0.29) is 36.7 Å². The second-order valence-corrected chi connectivity index (χ2v) is 2.47. The van der Waals surface area contributed by atoms with E-state index in [2.05, 4.69) is 0 Å². The maximum Gasteiger partial charge on any atom is 1.00 e. The SMILES string of the molecule is CCS(=O)[O-].O=S(O)O.[H-].[Na+]. The Morgan fingerprint density at radius 1 is 1.50 bits per heavy atom. The first kappa shape index (κ1) is 17.3. The molecule has 0 aromatic rings. The summed E-state index contributed by atoms with van der Waals surface area (Å²) in [5.41, 5.74) is 0. The third-order valence-electron chi connectivity index (χ3n) is 0.236. The van der Waals surface area contributed by atoms with Crippen LogP contribution in [0.3, 0.4) is 0 Å². The van der Waals surface area contributed by atoms with Crippen LogP contribution in [-0.2, 0) is 22.4 Å². The fourth-order valence-electron chi connectivity index (χ4n) is 0. The quantitative estimate of drug-likeness (QED) is 0.340. The van der Waals surface area contributed by atoms with Crippen LogP contribution in [0.2, 0.25) is 0 Å². The van der Waals surface area contributed by atoms with E-state index in [0.29, 0.717) is 0 Å². The normalized spacial score (nSPS) is 10.9. The number of hydrogen-bond acceptors (Lipinski definition) is 3. The largest absolute Gasteiger partial charge is 1.00 e. The Morgan fingerprint density at radius 2 is 1.60 bits per heavy atom. The third-order valence-corrected chi connectivity index (χ3v) is 0.707. The van der Waals surface area contributed by atoms with Crippen molar-refractivity contribution in [3.05, 3.63) is 0 Å². The minimum absolute atomic E-state index is 0. The molecule has 60 valence electrons. The van der Waals surface area contributed by atoms with Gasteiger partial charge in [-0.15, -0.1) is 0 Å². The van der Waals surface area contributed by atoms with Gasteiger partial charge in [0.15, 0.2) is 0 Å². The first-order valence-electron chi connectivity index (χ1n) is 1.86. The van der Waals surface area contributed by atoms with E-state index in [9.17, 15) is 8.76 Å².